The van der Waals surface area contributed by atoms with Gasteiger partial charge in [-0.05, 0) is 42.0 Å². The number of nitrogens with zero attached hydrogens (tertiary/aromatic N) is 2. The molecule has 0 aromatic carbocycles. The van der Waals surface area contributed by atoms with Crippen LogP contribution in [0.25, 0.3) is 0 Å². The molecule has 3 rings (SSSR count). The van der Waals surface area contributed by atoms with Gasteiger partial charge in [0.25, 0.3) is 5.91 Å². The lowest BCUT2D eigenvalue weighted by Gasteiger charge is -2.43. The number of methoxy groups -OCH3 is 1. The summed E-state index contributed by atoms with van der Waals surface area (Å²) in [6.07, 6.45) is 2.24. The molecule has 0 radical (unpaired) electrons. The monoisotopic (exact) mass is 421 g/mol. The van der Waals surface area contributed by atoms with Crippen molar-refractivity contribution in [3.05, 3.63) is 22.4 Å². The molecule has 2 unspecified atom stereocenters. The Morgan fingerprint density at radius 1 is 1.38 bits per heavy atom. The molecule has 1 aromatic rings. The van der Waals surface area contributed by atoms with Crippen LogP contribution >= 0.6 is 11.3 Å². The molecule has 2 fully saturated rings. The maximum absolute atomic E-state index is 13.3. The molecule has 2 heterocycles. The SMILES string of the molecule is COCCN(Cc1cccs1)C(=O)CN1C(=O)NC2(CC(C)CC(C)(C)C2)C1=O. The van der Waals surface area contributed by atoms with Gasteiger partial charge in [-0.1, -0.05) is 26.8 Å². The number of hydrogen-bond donors (Lipinski definition) is 1. The van der Waals surface area contributed by atoms with Gasteiger partial charge in [0.05, 0.1) is 13.2 Å². The second-order valence-corrected chi connectivity index (χ2v) is 10.2. The van der Waals surface area contributed by atoms with Crippen molar-refractivity contribution in [2.45, 2.75) is 52.1 Å². The van der Waals surface area contributed by atoms with E-state index >= 15 is 0 Å². The van der Waals surface area contributed by atoms with Crippen molar-refractivity contribution in [3.63, 3.8) is 0 Å². The van der Waals surface area contributed by atoms with Crippen molar-refractivity contribution >= 4 is 29.2 Å². The Morgan fingerprint density at radius 3 is 2.76 bits per heavy atom. The summed E-state index contributed by atoms with van der Waals surface area (Å²) in [6, 6.07) is 3.44. The molecule has 2 atom stereocenters. The van der Waals surface area contributed by atoms with Crippen LogP contribution in [0.5, 0.6) is 0 Å². The largest absolute Gasteiger partial charge is 0.383 e. The van der Waals surface area contributed by atoms with Gasteiger partial charge in [0.1, 0.15) is 12.1 Å². The number of imide groups is 1. The normalized spacial score (nSPS) is 26.1. The van der Waals surface area contributed by atoms with Gasteiger partial charge in [0.15, 0.2) is 0 Å². The predicted molar refractivity (Wildman–Crippen MR) is 111 cm³/mol. The van der Waals surface area contributed by atoms with Crippen LogP contribution in [0.4, 0.5) is 4.79 Å². The lowest BCUT2D eigenvalue weighted by molar-refractivity contribution is -0.141. The predicted octanol–water partition coefficient (Wildman–Crippen LogP) is 2.86. The summed E-state index contributed by atoms with van der Waals surface area (Å²) in [5, 5.41) is 4.89. The summed E-state index contributed by atoms with van der Waals surface area (Å²) in [7, 11) is 1.58. The highest BCUT2D eigenvalue weighted by atomic mass is 32.1. The second-order valence-electron chi connectivity index (χ2n) is 9.15. The van der Waals surface area contributed by atoms with E-state index < -0.39 is 11.6 Å². The Bertz CT molecular complexity index is 764. The molecule has 1 spiro atoms. The van der Waals surface area contributed by atoms with E-state index in [1.165, 1.54) is 0 Å². The number of rotatable bonds is 7. The minimum absolute atomic E-state index is 0.0374. The maximum atomic E-state index is 13.3. The second kappa shape index (κ2) is 8.44. The van der Waals surface area contributed by atoms with Crippen molar-refractivity contribution in [1.29, 1.82) is 0 Å². The Hall–Kier alpha value is -1.93. The molecule has 1 saturated heterocycles. The zero-order valence-corrected chi connectivity index (χ0v) is 18.5. The molecule has 2 aliphatic rings. The van der Waals surface area contributed by atoms with E-state index in [-0.39, 0.29) is 23.8 Å². The number of hydrogen-bond acceptors (Lipinski definition) is 5. The molecule has 0 bridgehead atoms. The molecule has 1 aliphatic heterocycles. The minimum atomic E-state index is -0.885. The van der Waals surface area contributed by atoms with Crippen LogP contribution < -0.4 is 5.32 Å². The summed E-state index contributed by atoms with van der Waals surface area (Å²) in [6.45, 7) is 7.38. The third kappa shape index (κ3) is 4.80. The number of carbonyl (C=O) groups is 3. The van der Waals surface area contributed by atoms with Gasteiger partial charge < -0.3 is 15.0 Å². The van der Waals surface area contributed by atoms with E-state index in [0.717, 1.165) is 16.2 Å². The maximum Gasteiger partial charge on any atom is 0.325 e. The molecule has 160 valence electrons. The fourth-order valence-electron chi connectivity index (χ4n) is 4.97. The first kappa shape index (κ1) is 21.8. The van der Waals surface area contributed by atoms with Crippen molar-refractivity contribution < 1.29 is 19.1 Å². The highest BCUT2D eigenvalue weighted by molar-refractivity contribution is 7.09. The summed E-state index contributed by atoms with van der Waals surface area (Å²) >= 11 is 1.57. The Kier molecular flexibility index (Phi) is 6.33. The van der Waals surface area contributed by atoms with Gasteiger partial charge in [-0.25, -0.2) is 4.79 Å². The topological polar surface area (TPSA) is 79.0 Å². The zero-order chi connectivity index (χ0) is 21.2. The van der Waals surface area contributed by atoms with Crippen LogP contribution in [0.15, 0.2) is 17.5 Å². The molecular weight excluding hydrogens is 390 g/mol. The lowest BCUT2D eigenvalue weighted by Crippen LogP contribution is -2.54. The highest BCUT2D eigenvalue weighted by Crippen LogP contribution is 2.46. The van der Waals surface area contributed by atoms with Crippen LogP contribution in [-0.2, 0) is 20.9 Å². The summed E-state index contributed by atoms with van der Waals surface area (Å²) in [4.78, 5) is 42.7. The van der Waals surface area contributed by atoms with Crippen molar-refractivity contribution in [2.24, 2.45) is 11.3 Å². The first-order valence-corrected chi connectivity index (χ1v) is 11.0. The van der Waals surface area contributed by atoms with Crippen LogP contribution in [0.3, 0.4) is 0 Å². The van der Waals surface area contributed by atoms with Crippen LogP contribution in [0.1, 0.15) is 44.9 Å². The third-order valence-electron chi connectivity index (χ3n) is 5.76. The quantitative estimate of drug-likeness (QED) is 0.687. The Balaban J connectivity index is 1.73. The van der Waals surface area contributed by atoms with E-state index in [4.69, 9.17) is 4.74 Å². The number of nitrogens with one attached hydrogen (secondary N) is 1. The van der Waals surface area contributed by atoms with Crippen molar-refractivity contribution in [1.82, 2.24) is 15.1 Å². The van der Waals surface area contributed by atoms with Gasteiger partial charge in [-0.2, -0.15) is 0 Å². The van der Waals surface area contributed by atoms with Gasteiger partial charge in [0, 0.05) is 18.5 Å². The minimum Gasteiger partial charge on any atom is -0.383 e. The van der Waals surface area contributed by atoms with E-state index in [0.29, 0.717) is 38.5 Å². The lowest BCUT2D eigenvalue weighted by atomic mass is 9.64. The first-order chi connectivity index (χ1) is 13.7. The van der Waals surface area contributed by atoms with E-state index in [1.807, 2.05) is 17.5 Å². The van der Waals surface area contributed by atoms with Gasteiger partial charge in [-0.3, -0.25) is 14.5 Å². The summed E-state index contributed by atoms with van der Waals surface area (Å²) in [5.74, 6) is -0.187. The van der Waals surface area contributed by atoms with E-state index in [1.54, 1.807) is 23.3 Å². The van der Waals surface area contributed by atoms with Gasteiger partial charge in [-0.15, -0.1) is 11.3 Å². The molecule has 1 aromatic heterocycles. The Labute approximate surface area is 176 Å². The first-order valence-electron chi connectivity index (χ1n) is 10.1. The molecule has 1 aliphatic carbocycles. The highest BCUT2D eigenvalue weighted by Gasteiger charge is 2.56. The summed E-state index contributed by atoms with van der Waals surface area (Å²) in [5.41, 5.74) is -0.923. The summed E-state index contributed by atoms with van der Waals surface area (Å²) < 4.78 is 5.13. The van der Waals surface area contributed by atoms with Crippen molar-refractivity contribution in [3.8, 4) is 0 Å². The van der Waals surface area contributed by atoms with Gasteiger partial charge in [0.2, 0.25) is 5.91 Å². The fourth-order valence-corrected chi connectivity index (χ4v) is 5.69. The standard InChI is InChI=1S/C21H31N3O4S/c1-15-10-20(2,3)14-21(11-15)18(26)24(19(27)22-21)13-17(25)23(7-8-28-4)12-16-6-5-9-29-16/h5-6,9,15H,7-8,10-14H2,1-4H3,(H,22,27). The van der Waals surface area contributed by atoms with Crippen molar-refractivity contribution in [2.75, 3.05) is 26.8 Å². The molecule has 29 heavy (non-hydrogen) atoms. The van der Waals surface area contributed by atoms with Gasteiger partial charge >= 0.3 is 6.03 Å². The van der Waals surface area contributed by atoms with Crippen LogP contribution in [0.2, 0.25) is 0 Å². The molecule has 8 heteroatoms. The number of carbonyl (C=O) groups excluding carboxylic acids is 3. The van der Waals surface area contributed by atoms with E-state index in [2.05, 4.69) is 26.1 Å². The molecule has 1 saturated carbocycles. The number of urea groups is 1. The zero-order valence-electron chi connectivity index (χ0n) is 17.7. The molecule has 7 nitrogen and oxygen atoms in total. The average Bonchev–Trinajstić information content (AvgIpc) is 3.19. The molecule has 4 amide bonds. The number of amides is 4. The van der Waals surface area contributed by atoms with E-state index in [9.17, 15) is 14.4 Å². The third-order valence-corrected chi connectivity index (χ3v) is 6.62. The van der Waals surface area contributed by atoms with Crippen LogP contribution in [-0.4, -0.2) is 60.0 Å². The Morgan fingerprint density at radius 2 is 2.14 bits per heavy atom. The van der Waals surface area contributed by atoms with Crippen LogP contribution in [0, 0.1) is 11.3 Å². The smallest absolute Gasteiger partial charge is 0.325 e. The fraction of sp³-hybridized carbons (Fsp3) is 0.667. The average molecular weight is 422 g/mol. The number of ether oxygens (including phenoxy) is 1. The number of thiophene rings is 1. The molecule has 1 N–H and O–H groups in total. The molecular formula is C21H31N3O4S.